The highest BCUT2D eigenvalue weighted by Crippen LogP contribution is 2.38. The Hall–Kier alpha value is -0.980. The third-order valence-electron chi connectivity index (χ3n) is 3.52. The molecule has 1 aromatic rings. The number of carbonyl (C=O) groups is 1. The molecule has 0 radical (unpaired) electrons. The van der Waals surface area contributed by atoms with Gasteiger partial charge >= 0.3 is 12.1 Å². The molecule has 1 aliphatic rings. The number of hydrogen-bond acceptors (Lipinski definition) is 2. The monoisotopic (exact) mass is 341 g/mol. The highest BCUT2D eigenvalue weighted by atomic mass is 35.5. The van der Waals surface area contributed by atoms with Crippen molar-refractivity contribution in [3.8, 4) is 0 Å². The van der Waals surface area contributed by atoms with E-state index in [2.05, 4.69) is 0 Å². The van der Waals surface area contributed by atoms with Crippen molar-refractivity contribution in [2.75, 3.05) is 13.1 Å². The Morgan fingerprint density at radius 2 is 1.95 bits per heavy atom. The van der Waals surface area contributed by atoms with E-state index < -0.39 is 24.0 Å². The lowest BCUT2D eigenvalue weighted by Crippen LogP contribution is -2.33. The fourth-order valence-corrected chi connectivity index (χ4v) is 2.81. The van der Waals surface area contributed by atoms with Gasteiger partial charge in [0.2, 0.25) is 0 Å². The van der Waals surface area contributed by atoms with Crippen molar-refractivity contribution >= 4 is 29.2 Å². The quantitative estimate of drug-likeness (QED) is 0.911. The predicted octanol–water partition coefficient (Wildman–Crippen LogP) is 3.69. The molecule has 1 saturated heterocycles. The minimum absolute atomic E-state index is 0.139. The topological polar surface area (TPSA) is 40.5 Å². The molecule has 0 aromatic heterocycles. The summed E-state index contributed by atoms with van der Waals surface area (Å²) in [6.45, 7) is -0.270. The lowest BCUT2D eigenvalue weighted by molar-refractivity contribution is -0.188. The summed E-state index contributed by atoms with van der Waals surface area (Å²) in [5, 5.41) is 9.62. The molecule has 0 aliphatic carbocycles. The smallest absolute Gasteiger partial charge is 0.393 e. The van der Waals surface area contributed by atoms with E-state index in [9.17, 15) is 18.0 Å². The van der Waals surface area contributed by atoms with Crippen molar-refractivity contribution in [2.45, 2.75) is 12.7 Å². The van der Waals surface area contributed by atoms with Gasteiger partial charge in [-0.2, -0.15) is 13.2 Å². The second-order valence-electron chi connectivity index (χ2n) is 5.04. The number of likely N-dealkylation sites (tertiary alicyclic amines) is 1. The Morgan fingerprint density at radius 3 is 2.43 bits per heavy atom. The van der Waals surface area contributed by atoms with Gasteiger partial charge in [-0.1, -0.05) is 29.3 Å². The standard InChI is InChI=1S/C13H12Cl2F3NO2/c14-10-2-1-7(3-11(10)15)4-19-5-8(12(20)21)9(6-19)13(16,17)18/h1-3,8-9H,4-6H2,(H,20,21)/t8-,9-/m1/s1. The van der Waals surface area contributed by atoms with Crippen molar-refractivity contribution in [3.63, 3.8) is 0 Å². The zero-order valence-corrected chi connectivity index (χ0v) is 12.2. The van der Waals surface area contributed by atoms with Crippen LogP contribution in [0.1, 0.15) is 5.56 Å². The van der Waals surface area contributed by atoms with E-state index in [0.717, 1.165) is 0 Å². The molecule has 3 nitrogen and oxygen atoms in total. The number of aliphatic carboxylic acids is 1. The maximum Gasteiger partial charge on any atom is 0.393 e. The second-order valence-corrected chi connectivity index (χ2v) is 5.85. The van der Waals surface area contributed by atoms with Crippen molar-refractivity contribution in [1.29, 1.82) is 0 Å². The molecule has 0 bridgehead atoms. The summed E-state index contributed by atoms with van der Waals surface area (Å²) in [6.07, 6.45) is -4.52. The summed E-state index contributed by atoms with van der Waals surface area (Å²) in [4.78, 5) is 12.5. The van der Waals surface area contributed by atoms with Crippen LogP contribution in [-0.2, 0) is 11.3 Å². The van der Waals surface area contributed by atoms with Gasteiger partial charge in [0.1, 0.15) is 0 Å². The third-order valence-corrected chi connectivity index (χ3v) is 4.26. The highest BCUT2D eigenvalue weighted by Gasteiger charge is 2.52. The van der Waals surface area contributed by atoms with E-state index in [0.29, 0.717) is 15.6 Å². The van der Waals surface area contributed by atoms with Gasteiger partial charge in [-0.25, -0.2) is 0 Å². The molecule has 116 valence electrons. The van der Waals surface area contributed by atoms with Crippen molar-refractivity contribution < 1.29 is 23.1 Å². The molecule has 1 aliphatic heterocycles. The number of rotatable bonds is 3. The first-order chi connectivity index (χ1) is 9.68. The van der Waals surface area contributed by atoms with Crippen LogP contribution in [-0.4, -0.2) is 35.2 Å². The van der Waals surface area contributed by atoms with Crippen LogP contribution in [0.15, 0.2) is 18.2 Å². The van der Waals surface area contributed by atoms with Crippen molar-refractivity contribution in [2.24, 2.45) is 11.8 Å². The minimum Gasteiger partial charge on any atom is -0.481 e. The lowest BCUT2D eigenvalue weighted by Gasteiger charge is -2.18. The highest BCUT2D eigenvalue weighted by molar-refractivity contribution is 6.42. The van der Waals surface area contributed by atoms with Gasteiger partial charge in [0, 0.05) is 19.6 Å². The molecular weight excluding hydrogens is 330 g/mol. The molecule has 1 fully saturated rings. The zero-order chi connectivity index (χ0) is 15.8. The van der Waals surface area contributed by atoms with Gasteiger partial charge in [0.15, 0.2) is 0 Å². The Kier molecular flexibility index (Phi) is 4.70. The van der Waals surface area contributed by atoms with Gasteiger partial charge in [0.25, 0.3) is 0 Å². The summed E-state index contributed by atoms with van der Waals surface area (Å²) < 4.78 is 38.6. The Bertz CT molecular complexity index is 551. The molecule has 1 N–H and O–H groups in total. The van der Waals surface area contributed by atoms with Crippen LogP contribution in [0.4, 0.5) is 13.2 Å². The molecule has 8 heteroatoms. The second kappa shape index (κ2) is 6.02. The fourth-order valence-electron chi connectivity index (χ4n) is 2.49. The van der Waals surface area contributed by atoms with Crippen LogP contribution < -0.4 is 0 Å². The molecule has 0 unspecified atom stereocenters. The van der Waals surface area contributed by atoms with E-state index in [1.54, 1.807) is 18.2 Å². The van der Waals surface area contributed by atoms with Crippen LogP contribution >= 0.6 is 23.2 Å². The van der Waals surface area contributed by atoms with E-state index in [1.807, 2.05) is 0 Å². The normalized spacial score (nSPS) is 23.5. The first-order valence-electron chi connectivity index (χ1n) is 6.14. The van der Waals surface area contributed by atoms with E-state index in [1.165, 1.54) is 4.90 Å². The van der Waals surface area contributed by atoms with Crippen molar-refractivity contribution in [3.05, 3.63) is 33.8 Å². The molecule has 2 atom stereocenters. The Morgan fingerprint density at radius 1 is 1.29 bits per heavy atom. The van der Waals surface area contributed by atoms with Crippen molar-refractivity contribution in [1.82, 2.24) is 4.90 Å². The largest absolute Gasteiger partial charge is 0.481 e. The van der Waals surface area contributed by atoms with Crippen LogP contribution in [0, 0.1) is 11.8 Å². The van der Waals surface area contributed by atoms with Gasteiger partial charge in [-0.15, -0.1) is 0 Å². The van der Waals surface area contributed by atoms with Crippen LogP contribution in [0.2, 0.25) is 10.0 Å². The van der Waals surface area contributed by atoms with E-state index in [-0.39, 0.29) is 19.6 Å². The predicted molar refractivity (Wildman–Crippen MR) is 72.4 cm³/mol. The molecule has 1 aromatic carbocycles. The first kappa shape index (κ1) is 16.4. The maximum absolute atomic E-state index is 12.9. The first-order valence-corrected chi connectivity index (χ1v) is 6.90. The molecule has 0 amide bonds. The average molecular weight is 342 g/mol. The fraction of sp³-hybridized carbons (Fsp3) is 0.462. The third kappa shape index (κ3) is 3.81. The molecule has 0 spiro atoms. The summed E-state index contributed by atoms with van der Waals surface area (Å²) >= 11 is 11.6. The summed E-state index contributed by atoms with van der Waals surface area (Å²) in [5.41, 5.74) is 0.691. The number of benzene rings is 1. The number of halogens is 5. The zero-order valence-electron chi connectivity index (χ0n) is 10.7. The minimum atomic E-state index is -4.52. The van der Waals surface area contributed by atoms with Crippen LogP contribution in [0.5, 0.6) is 0 Å². The molecular formula is C13H12Cl2F3NO2. The van der Waals surface area contributed by atoms with Gasteiger partial charge < -0.3 is 5.11 Å². The number of carboxylic acid groups (broad SMARTS) is 1. The van der Waals surface area contributed by atoms with Crippen LogP contribution in [0.25, 0.3) is 0 Å². The Labute approximate surface area is 129 Å². The Balaban J connectivity index is 2.12. The number of alkyl halides is 3. The SMILES string of the molecule is O=C(O)[C@@H]1CN(Cc2ccc(Cl)c(Cl)c2)C[C@H]1C(F)(F)F. The molecule has 21 heavy (non-hydrogen) atoms. The number of hydrogen-bond donors (Lipinski definition) is 1. The summed E-state index contributed by atoms with van der Waals surface area (Å²) in [6, 6.07) is 4.79. The molecule has 1 heterocycles. The lowest BCUT2D eigenvalue weighted by atomic mass is 9.96. The number of nitrogens with zero attached hydrogens (tertiary/aromatic N) is 1. The summed E-state index contributed by atoms with van der Waals surface area (Å²) in [5.74, 6) is -4.71. The molecule has 2 rings (SSSR count). The molecule has 0 saturated carbocycles. The number of carboxylic acids is 1. The summed E-state index contributed by atoms with van der Waals surface area (Å²) in [7, 11) is 0. The van der Waals surface area contributed by atoms with Gasteiger partial charge in [-0.05, 0) is 17.7 Å². The van der Waals surface area contributed by atoms with Gasteiger partial charge in [-0.3, -0.25) is 9.69 Å². The van der Waals surface area contributed by atoms with E-state index >= 15 is 0 Å². The maximum atomic E-state index is 12.9. The van der Waals surface area contributed by atoms with Crippen LogP contribution in [0.3, 0.4) is 0 Å². The average Bonchev–Trinajstić information content (AvgIpc) is 2.78. The van der Waals surface area contributed by atoms with E-state index in [4.69, 9.17) is 28.3 Å². The van der Waals surface area contributed by atoms with Gasteiger partial charge in [0.05, 0.1) is 21.9 Å².